The van der Waals surface area contributed by atoms with Gasteiger partial charge in [-0.05, 0) is 35.7 Å². The smallest absolute Gasteiger partial charge is 0.225 e. The average Bonchev–Trinajstić information content (AvgIpc) is 3.06. The Morgan fingerprint density at radius 2 is 1.86 bits per heavy atom. The number of hydrogen-bond acceptors (Lipinski definition) is 5. The third-order valence-electron chi connectivity index (χ3n) is 5.06. The molecule has 3 aromatic rings. The Labute approximate surface area is 181 Å². The molecule has 0 aliphatic carbocycles. The lowest BCUT2D eigenvalue weighted by molar-refractivity contribution is -0.129. The Balaban J connectivity index is 1.86. The van der Waals surface area contributed by atoms with Crippen molar-refractivity contribution in [2.45, 2.75) is 20.3 Å². The highest BCUT2D eigenvalue weighted by molar-refractivity contribution is 9.10. The van der Waals surface area contributed by atoms with Crippen molar-refractivity contribution in [3.63, 3.8) is 0 Å². The number of rotatable bonds is 3. The Bertz CT molecular complexity index is 1030. The molecule has 0 saturated carbocycles. The predicted molar refractivity (Wildman–Crippen MR) is 119 cm³/mol. The summed E-state index contributed by atoms with van der Waals surface area (Å²) in [6.45, 7) is 6.63. The van der Waals surface area contributed by atoms with E-state index < -0.39 is 0 Å². The molecule has 0 spiro atoms. The third-order valence-corrected chi connectivity index (χ3v) is 6.98. The van der Waals surface area contributed by atoms with E-state index in [2.05, 4.69) is 62.0 Å². The summed E-state index contributed by atoms with van der Waals surface area (Å²) in [5.74, 6) is 0.983. The number of thiophene rings is 1. The third kappa shape index (κ3) is 3.63. The Morgan fingerprint density at radius 1 is 1.18 bits per heavy atom. The molecule has 3 heterocycles. The summed E-state index contributed by atoms with van der Waals surface area (Å²) in [6.07, 6.45) is 0.918. The van der Waals surface area contributed by atoms with Crippen LogP contribution in [-0.4, -0.2) is 47.0 Å². The number of nitrogens with zero attached hydrogens (tertiary/aromatic N) is 4. The van der Waals surface area contributed by atoms with Gasteiger partial charge in [0, 0.05) is 48.0 Å². The molecule has 0 radical (unpaired) electrons. The lowest BCUT2D eigenvalue weighted by atomic mass is 10.0. The second kappa shape index (κ2) is 7.97. The number of aromatic nitrogens is 2. The summed E-state index contributed by atoms with van der Waals surface area (Å²) in [4.78, 5) is 27.1. The minimum Gasteiger partial charge on any atom is -0.352 e. The summed E-state index contributed by atoms with van der Waals surface area (Å²) in [6, 6.07) is 8.36. The van der Waals surface area contributed by atoms with Gasteiger partial charge in [-0.3, -0.25) is 4.79 Å². The zero-order valence-corrected chi connectivity index (χ0v) is 18.9. The summed E-state index contributed by atoms with van der Waals surface area (Å²) < 4.78 is 1.05. The predicted octanol–water partition coefficient (Wildman–Crippen LogP) is 5.01. The van der Waals surface area contributed by atoms with Crippen LogP contribution >= 0.6 is 38.9 Å². The van der Waals surface area contributed by atoms with Crippen LogP contribution in [0.2, 0.25) is 5.28 Å². The van der Waals surface area contributed by atoms with E-state index in [1.54, 1.807) is 18.3 Å². The molecule has 1 aromatic carbocycles. The van der Waals surface area contributed by atoms with Gasteiger partial charge in [0.25, 0.3) is 0 Å². The standard InChI is InChI=1S/C20H20BrClN4OS/c1-3-15-16(13-4-6-14(21)7-5-13)17-18(23-20(22)24-19(17)28-15)26-10-8-25(9-11-26)12(2)27/h4-7H,3,8-11H2,1-2H3. The van der Waals surface area contributed by atoms with Gasteiger partial charge in [-0.2, -0.15) is 4.98 Å². The fourth-order valence-electron chi connectivity index (χ4n) is 3.64. The highest BCUT2D eigenvalue weighted by Crippen LogP contribution is 2.43. The van der Waals surface area contributed by atoms with Crippen molar-refractivity contribution in [3.05, 3.63) is 38.9 Å². The summed E-state index contributed by atoms with van der Waals surface area (Å²) in [5, 5.41) is 1.33. The number of halogens is 2. The van der Waals surface area contributed by atoms with Gasteiger partial charge in [-0.1, -0.05) is 35.0 Å². The van der Waals surface area contributed by atoms with Gasteiger partial charge in [0.1, 0.15) is 10.6 Å². The van der Waals surface area contributed by atoms with E-state index in [9.17, 15) is 4.79 Å². The van der Waals surface area contributed by atoms with E-state index in [0.29, 0.717) is 13.1 Å². The molecule has 0 bridgehead atoms. The van der Waals surface area contributed by atoms with Crippen LogP contribution in [0.1, 0.15) is 18.7 Å². The van der Waals surface area contributed by atoms with Gasteiger partial charge in [0.2, 0.25) is 11.2 Å². The molecule has 146 valence electrons. The van der Waals surface area contributed by atoms with Gasteiger partial charge in [-0.15, -0.1) is 11.3 Å². The molecule has 0 unspecified atom stereocenters. The van der Waals surface area contributed by atoms with Crippen molar-refractivity contribution in [1.29, 1.82) is 0 Å². The van der Waals surface area contributed by atoms with Crippen LogP contribution in [0.15, 0.2) is 28.7 Å². The van der Waals surface area contributed by atoms with Crippen molar-refractivity contribution >= 4 is 60.8 Å². The van der Waals surface area contributed by atoms with Crippen LogP contribution in [0.25, 0.3) is 21.3 Å². The zero-order chi connectivity index (χ0) is 19.8. The molecule has 0 N–H and O–H groups in total. The van der Waals surface area contributed by atoms with Gasteiger partial charge < -0.3 is 9.80 Å². The number of hydrogen-bond donors (Lipinski definition) is 0. The molecule has 28 heavy (non-hydrogen) atoms. The monoisotopic (exact) mass is 478 g/mol. The fourth-order valence-corrected chi connectivity index (χ4v) is 5.24. The molecule has 5 nitrogen and oxygen atoms in total. The lowest BCUT2D eigenvalue weighted by Crippen LogP contribution is -2.48. The van der Waals surface area contributed by atoms with E-state index in [4.69, 9.17) is 11.6 Å². The normalized spacial score (nSPS) is 14.7. The highest BCUT2D eigenvalue weighted by Gasteiger charge is 2.26. The summed E-state index contributed by atoms with van der Waals surface area (Å²) in [7, 11) is 0. The van der Waals surface area contributed by atoms with Crippen molar-refractivity contribution in [2.24, 2.45) is 0 Å². The number of amides is 1. The summed E-state index contributed by atoms with van der Waals surface area (Å²) in [5.41, 5.74) is 2.34. The first-order chi connectivity index (χ1) is 13.5. The molecular formula is C20H20BrClN4OS. The quantitative estimate of drug-likeness (QED) is 0.496. The number of piperazine rings is 1. The highest BCUT2D eigenvalue weighted by atomic mass is 79.9. The molecule has 1 fully saturated rings. The van der Waals surface area contributed by atoms with Crippen LogP contribution in [0.4, 0.5) is 5.82 Å². The number of benzene rings is 1. The second-order valence-corrected chi connectivity index (χ2v) is 9.09. The van der Waals surface area contributed by atoms with Crippen molar-refractivity contribution in [1.82, 2.24) is 14.9 Å². The number of aryl methyl sites for hydroxylation is 1. The lowest BCUT2D eigenvalue weighted by Gasteiger charge is -2.35. The van der Waals surface area contributed by atoms with Gasteiger partial charge in [0.15, 0.2) is 0 Å². The topological polar surface area (TPSA) is 49.3 Å². The van der Waals surface area contributed by atoms with E-state index in [0.717, 1.165) is 45.6 Å². The Hall–Kier alpha value is -1.70. The maximum Gasteiger partial charge on any atom is 0.225 e. The maximum absolute atomic E-state index is 11.7. The van der Waals surface area contributed by atoms with E-state index in [-0.39, 0.29) is 11.2 Å². The number of fused-ring (bicyclic) bond motifs is 1. The molecule has 1 aliphatic heterocycles. The van der Waals surface area contributed by atoms with Crippen LogP contribution < -0.4 is 4.90 Å². The van der Waals surface area contributed by atoms with Crippen molar-refractivity contribution in [2.75, 3.05) is 31.1 Å². The first-order valence-electron chi connectivity index (χ1n) is 9.23. The van der Waals surface area contributed by atoms with Crippen molar-refractivity contribution in [3.8, 4) is 11.1 Å². The zero-order valence-electron chi connectivity index (χ0n) is 15.7. The molecule has 2 aromatic heterocycles. The van der Waals surface area contributed by atoms with Crippen LogP contribution in [0.5, 0.6) is 0 Å². The SMILES string of the molecule is CCc1sc2nc(Cl)nc(N3CCN(C(C)=O)CC3)c2c1-c1ccc(Br)cc1. The molecule has 4 rings (SSSR count). The van der Waals surface area contributed by atoms with Crippen LogP contribution in [0, 0.1) is 0 Å². The summed E-state index contributed by atoms with van der Waals surface area (Å²) >= 11 is 11.5. The Morgan fingerprint density at radius 3 is 2.46 bits per heavy atom. The molecule has 1 aliphatic rings. The van der Waals surface area contributed by atoms with Gasteiger partial charge in [-0.25, -0.2) is 4.98 Å². The van der Waals surface area contributed by atoms with E-state index in [1.165, 1.54) is 10.4 Å². The Kier molecular flexibility index (Phi) is 5.58. The minimum atomic E-state index is 0.116. The second-order valence-electron chi connectivity index (χ2n) is 6.75. The molecule has 8 heteroatoms. The average molecular weight is 480 g/mol. The maximum atomic E-state index is 11.7. The largest absolute Gasteiger partial charge is 0.352 e. The molecular weight excluding hydrogens is 460 g/mol. The molecule has 1 amide bonds. The number of anilines is 1. The fraction of sp³-hybridized carbons (Fsp3) is 0.350. The minimum absolute atomic E-state index is 0.116. The molecule has 1 saturated heterocycles. The van der Waals surface area contributed by atoms with E-state index in [1.807, 2.05) is 4.90 Å². The molecule has 0 atom stereocenters. The van der Waals surface area contributed by atoms with Crippen LogP contribution in [0.3, 0.4) is 0 Å². The van der Waals surface area contributed by atoms with Crippen LogP contribution in [-0.2, 0) is 11.2 Å². The first kappa shape index (κ1) is 19.6. The first-order valence-corrected chi connectivity index (χ1v) is 11.2. The van der Waals surface area contributed by atoms with Crippen molar-refractivity contribution < 1.29 is 4.79 Å². The van der Waals surface area contributed by atoms with E-state index >= 15 is 0 Å². The number of carbonyl (C=O) groups is 1. The number of carbonyl (C=O) groups excluding carboxylic acids is 1. The van der Waals surface area contributed by atoms with Gasteiger partial charge >= 0.3 is 0 Å². The van der Waals surface area contributed by atoms with Gasteiger partial charge in [0.05, 0.1) is 5.39 Å².